The molecule has 0 radical (unpaired) electrons. The Bertz CT molecular complexity index is 1940. The van der Waals surface area contributed by atoms with Gasteiger partial charge in [0.25, 0.3) is 0 Å². The number of halogens is 2. The molecule has 0 unspecified atom stereocenters. The fourth-order valence-electron chi connectivity index (χ4n) is 6.09. The molecule has 6 rings (SSSR count). The summed E-state index contributed by atoms with van der Waals surface area (Å²) in [6.07, 6.45) is 0. The van der Waals surface area contributed by atoms with Crippen molar-refractivity contribution in [3.8, 4) is 0 Å². The SMILES string of the molecule is Cc1cc(N)c2cc(C(C(N)=O)(C(=O)N(Cc3ccccc3)Cc3ccccc3)c3ccc4nc(C)cc(N)c4c3)ccc2n1.Cl.Cl. The standard InChI is InChI=1S/C37H34N6O2.2ClH/c1-23-17-31(38)29-19-27(13-15-33(29)41-23)37(35(40)44,28-14-16-34-30(20-28)32(39)18-24(2)42-34)36(45)43(21-25-9-5-3-6-10-25)22-26-11-7-4-8-12-26;;/h3-20H,21-22H2,1-2H3,(H2,38,41)(H2,39,42)(H2,40,44);2*1H. The second-order valence-corrected chi connectivity index (χ2v) is 11.4. The number of rotatable bonds is 8. The van der Waals surface area contributed by atoms with Gasteiger partial charge in [0.2, 0.25) is 11.8 Å². The molecule has 2 amide bonds. The van der Waals surface area contributed by atoms with Gasteiger partial charge in [-0.2, -0.15) is 0 Å². The van der Waals surface area contributed by atoms with Crippen LogP contribution in [-0.2, 0) is 28.1 Å². The van der Waals surface area contributed by atoms with Gasteiger partial charge in [-0.3, -0.25) is 19.6 Å². The maximum Gasteiger partial charge on any atom is 0.247 e. The van der Waals surface area contributed by atoms with Crippen LogP contribution < -0.4 is 17.2 Å². The molecule has 6 N–H and O–H groups in total. The number of hydrogen-bond donors (Lipinski definition) is 3. The molecule has 2 heterocycles. The van der Waals surface area contributed by atoms with Crippen molar-refractivity contribution in [2.45, 2.75) is 32.4 Å². The summed E-state index contributed by atoms with van der Waals surface area (Å²) in [5, 5.41) is 1.23. The Labute approximate surface area is 285 Å². The van der Waals surface area contributed by atoms with Gasteiger partial charge in [0.05, 0.1) is 11.0 Å². The lowest BCUT2D eigenvalue weighted by molar-refractivity contribution is -0.142. The number of pyridine rings is 2. The zero-order chi connectivity index (χ0) is 31.7. The monoisotopic (exact) mass is 666 g/mol. The molecule has 0 aliphatic carbocycles. The first kappa shape index (κ1) is 34.7. The van der Waals surface area contributed by atoms with E-state index in [-0.39, 0.29) is 37.9 Å². The highest BCUT2D eigenvalue weighted by Crippen LogP contribution is 2.39. The number of carbonyl (C=O) groups is 2. The summed E-state index contributed by atoms with van der Waals surface area (Å²) in [6, 6.07) is 33.4. The van der Waals surface area contributed by atoms with Gasteiger partial charge in [-0.1, -0.05) is 72.8 Å². The van der Waals surface area contributed by atoms with E-state index in [9.17, 15) is 4.79 Å². The van der Waals surface area contributed by atoms with E-state index in [0.717, 1.165) is 22.5 Å². The largest absolute Gasteiger partial charge is 0.398 e. The number of primary amides is 1. The molecule has 0 fully saturated rings. The molecule has 0 saturated heterocycles. The van der Waals surface area contributed by atoms with Gasteiger partial charge >= 0.3 is 0 Å². The number of fused-ring (bicyclic) bond motifs is 2. The minimum absolute atomic E-state index is 0. The number of amides is 2. The third kappa shape index (κ3) is 6.56. The van der Waals surface area contributed by atoms with E-state index in [1.54, 1.807) is 53.4 Å². The molecule has 0 spiro atoms. The summed E-state index contributed by atoms with van der Waals surface area (Å²) >= 11 is 0. The van der Waals surface area contributed by atoms with Crippen molar-refractivity contribution in [1.29, 1.82) is 0 Å². The summed E-state index contributed by atoms with van der Waals surface area (Å²) in [5.41, 5.74) is 23.7. The Morgan fingerprint density at radius 1 is 0.638 bits per heavy atom. The molecule has 0 saturated carbocycles. The van der Waals surface area contributed by atoms with Crippen molar-refractivity contribution in [3.63, 3.8) is 0 Å². The number of aryl methyl sites for hydroxylation is 2. The van der Waals surface area contributed by atoms with Gasteiger partial charge in [-0.05, 0) is 72.5 Å². The average Bonchev–Trinajstić information content (AvgIpc) is 3.02. The first-order chi connectivity index (χ1) is 21.7. The van der Waals surface area contributed by atoms with Gasteiger partial charge in [-0.15, -0.1) is 24.8 Å². The number of nitrogen functional groups attached to an aromatic ring is 2. The van der Waals surface area contributed by atoms with Gasteiger partial charge < -0.3 is 22.1 Å². The Morgan fingerprint density at radius 2 is 1.04 bits per heavy atom. The zero-order valence-electron chi connectivity index (χ0n) is 26.0. The molecule has 240 valence electrons. The first-order valence-corrected chi connectivity index (χ1v) is 14.7. The van der Waals surface area contributed by atoms with Crippen molar-refractivity contribution >= 4 is 69.8 Å². The van der Waals surface area contributed by atoms with E-state index < -0.39 is 17.2 Å². The maximum atomic E-state index is 15.3. The molecule has 10 heteroatoms. The number of nitrogens with zero attached hydrogens (tertiary/aromatic N) is 3. The van der Waals surface area contributed by atoms with Crippen LogP contribution in [0.1, 0.15) is 33.6 Å². The smallest absolute Gasteiger partial charge is 0.247 e. The molecule has 0 aliphatic heterocycles. The highest BCUT2D eigenvalue weighted by molar-refractivity contribution is 6.15. The molecule has 6 aromatic rings. The molecular weight excluding hydrogens is 631 g/mol. The topological polar surface area (TPSA) is 141 Å². The Morgan fingerprint density at radius 3 is 1.43 bits per heavy atom. The number of hydrogen-bond acceptors (Lipinski definition) is 6. The highest BCUT2D eigenvalue weighted by Gasteiger charge is 2.50. The van der Waals surface area contributed by atoms with Crippen LogP contribution in [0.25, 0.3) is 21.8 Å². The van der Waals surface area contributed by atoms with Crippen molar-refractivity contribution < 1.29 is 9.59 Å². The van der Waals surface area contributed by atoms with Crippen LogP contribution in [0.4, 0.5) is 11.4 Å². The predicted octanol–water partition coefficient (Wildman–Crippen LogP) is 6.41. The second kappa shape index (κ2) is 14.1. The molecule has 0 aliphatic rings. The summed E-state index contributed by atoms with van der Waals surface area (Å²) in [5.74, 6) is -1.30. The number of anilines is 2. The maximum absolute atomic E-state index is 15.3. The summed E-state index contributed by atoms with van der Waals surface area (Å²) in [7, 11) is 0. The van der Waals surface area contributed by atoms with Crippen LogP contribution >= 0.6 is 24.8 Å². The van der Waals surface area contributed by atoms with Crippen LogP contribution in [0.2, 0.25) is 0 Å². The van der Waals surface area contributed by atoms with E-state index in [4.69, 9.17) is 17.2 Å². The minimum Gasteiger partial charge on any atom is -0.398 e. The lowest BCUT2D eigenvalue weighted by Gasteiger charge is -2.36. The van der Waals surface area contributed by atoms with Crippen molar-refractivity contribution in [1.82, 2.24) is 14.9 Å². The van der Waals surface area contributed by atoms with Gasteiger partial charge in [0.15, 0.2) is 5.41 Å². The molecule has 47 heavy (non-hydrogen) atoms. The van der Waals surface area contributed by atoms with E-state index in [2.05, 4.69) is 9.97 Å². The summed E-state index contributed by atoms with van der Waals surface area (Å²) < 4.78 is 0. The van der Waals surface area contributed by atoms with E-state index in [1.165, 1.54) is 0 Å². The number of aromatic nitrogens is 2. The van der Waals surface area contributed by atoms with Gasteiger partial charge in [0, 0.05) is 46.6 Å². The summed E-state index contributed by atoms with van der Waals surface area (Å²) in [6.45, 7) is 4.22. The number of carbonyl (C=O) groups excluding carboxylic acids is 2. The van der Waals surface area contributed by atoms with Crippen LogP contribution in [0.3, 0.4) is 0 Å². The lowest BCUT2D eigenvalue weighted by Crippen LogP contribution is -2.55. The van der Waals surface area contributed by atoms with E-state index >= 15 is 4.79 Å². The third-order valence-corrected chi connectivity index (χ3v) is 8.21. The van der Waals surface area contributed by atoms with Crippen LogP contribution in [0, 0.1) is 13.8 Å². The van der Waals surface area contributed by atoms with Crippen molar-refractivity contribution in [2.75, 3.05) is 11.5 Å². The molecule has 0 bridgehead atoms. The Balaban J connectivity index is 0.00000250. The minimum atomic E-state index is -1.94. The van der Waals surface area contributed by atoms with Crippen LogP contribution in [0.15, 0.2) is 109 Å². The van der Waals surface area contributed by atoms with Crippen LogP contribution in [0.5, 0.6) is 0 Å². The van der Waals surface area contributed by atoms with Crippen molar-refractivity contribution in [3.05, 3.63) is 143 Å². The normalized spacial score (nSPS) is 11.0. The molecule has 4 aromatic carbocycles. The molecular formula is C37H36Cl2N6O2. The van der Waals surface area contributed by atoms with Gasteiger partial charge in [-0.25, -0.2) is 0 Å². The third-order valence-electron chi connectivity index (χ3n) is 8.21. The molecule has 0 atom stereocenters. The number of nitrogens with two attached hydrogens (primary N) is 3. The number of benzene rings is 4. The molecule has 2 aromatic heterocycles. The predicted molar refractivity (Wildman–Crippen MR) is 193 cm³/mol. The van der Waals surface area contributed by atoms with E-state index in [1.807, 2.05) is 74.5 Å². The summed E-state index contributed by atoms with van der Waals surface area (Å²) in [4.78, 5) is 40.3. The van der Waals surface area contributed by atoms with Crippen molar-refractivity contribution in [2.24, 2.45) is 5.73 Å². The quantitative estimate of drug-likeness (QED) is 0.160. The highest BCUT2D eigenvalue weighted by atomic mass is 35.5. The fourth-order valence-corrected chi connectivity index (χ4v) is 6.09. The van der Waals surface area contributed by atoms with Crippen LogP contribution in [-0.4, -0.2) is 26.7 Å². The second-order valence-electron chi connectivity index (χ2n) is 11.4. The molecule has 8 nitrogen and oxygen atoms in total. The first-order valence-electron chi connectivity index (χ1n) is 14.7. The Hall–Kier alpha value is -5.18. The lowest BCUT2D eigenvalue weighted by atomic mass is 9.71. The Kier molecular flexibility index (Phi) is 10.4. The average molecular weight is 668 g/mol. The zero-order valence-corrected chi connectivity index (χ0v) is 27.6. The van der Waals surface area contributed by atoms with Gasteiger partial charge in [0.1, 0.15) is 0 Å². The van der Waals surface area contributed by atoms with E-state index in [0.29, 0.717) is 44.3 Å². The fraction of sp³-hybridized carbons (Fsp3) is 0.135.